The second-order valence-electron chi connectivity index (χ2n) is 7.53. The van der Waals surface area contributed by atoms with E-state index in [-0.39, 0.29) is 6.04 Å². The molecule has 140 valence electrons. The molecule has 3 aromatic carbocycles. The summed E-state index contributed by atoms with van der Waals surface area (Å²) in [5.41, 5.74) is 4.83. The van der Waals surface area contributed by atoms with Gasteiger partial charge in [0, 0.05) is 10.9 Å². The Labute approximate surface area is 170 Å². The van der Waals surface area contributed by atoms with Crippen molar-refractivity contribution in [3.63, 3.8) is 0 Å². The van der Waals surface area contributed by atoms with Gasteiger partial charge in [-0.3, -0.25) is 0 Å². The predicted molar refractivity (Wildman–Crippen MR) is 115 cm³/mol. The lowest BCUT2D eigenvalue weighted by molar-refractivity contribution is 0.304. The highest BCUT2D eigenvalue weighted by Crippen LogP contribution is 2.52. The number of benzene rings is 3. The van der Waals surface area contributed by atoms with E-state index in [2.05, 4.69) is 59.9 Å². The molecular weight excluding hydrogens is 366 g/mol. The Bertz CT molecular complexity index is 1010. The van der Waals surface area contributed by atoms with Gasteiger partial charge in [-0.2, -0.15) is 0 Å². The number of halogens is 1. The van der Waals surface area contributed by atoms with Gasteiger partial charge in [0.05, 0.1) is 11.7 Å². The van der Waals surface area contributed by atoms with Gasteiger partial charge < -0.3 is 10.1 Å². The second-order valence-corrected chi connectivity index (χ2v) is 7.96. The van der Waals surface area contributed by atoms with E-state index in [1.165, 1.54) is 16.7 Å². The monoisotopic (exact) mass is 387 g/mol. The van der Waals surface area contributed by atoms with E-state index in [0.29, 0.717) is 18.4 Å². The minimum absolute atomic E-state index is 0.215. The van der Waals surface area contributed by atoms with Crippen LogP contribution in [0.15, 0.2) is 84.9 Å². The van der Waals surface area contributed by atoms with Gasteiger partial charge in [-0.15, -0.1) is 0 Å². The molecule has 1 aliphatic heterocycles. The molecular formula is C25H22ClNO. The fraction of sp³-hybridized carbons (Fsp3) is 0.200. The van der Waals surface area contributed by atoms with Crippen LogP contribution < -0.4 is 10.1 Å². The van der Waals surface area contributed by atoms with Crippen LogP contribution in [0.2, 0.25) is 5.02 Å². The summed E-state index contributed by atoms with van der Waals surface area (Å²) in [7, 11) is 0. The summed E-state index contributed by atoms with van der Waals surface area (Å²) in [6.45, 7) is 0.560. The van der Waals surface area contributed by atoms with Gasteiger partial charge >= 0.3 is 0 Å². The molecule has 3 aromatic rings. The minimum atomic E-state index is 0.215. The lowest BCUT2D eigenvalue weighted by Gasteiger charge is -2.38. The highest BCUT2D eigenvalue weighted by Gasteiger charge is 2.39. The van der Waals surface area contributed by atoms with Gasteiger partial charge in [0.15, 0.2) is 0 Å². The van der Waals surface area contributed by atoms with Crippen molar-refractivity contribution in [2.24, 2.45) is 5.92 Å². The summed E-state index contributed by atoms with van der Waals surface area (Å²) in [5.74, 6) is 1.81. The van der Waals surface area contributed by atoms with Crippen LogP contribution in [0.5, 0.6) is 5.75 Å². The molecule has 0 saturated carbocycles. The lowest BCUT2D eigenvalue weighted by Crippen LogP contribution is -2.29. The molecule has 1 aliphatic carbocycles. The Morgan fingerprint density at radius 2 is 1.82 bits per heavy atom. The molecule has 2 nitrogen and oxygen atoms in total. The molecule has 0 radical (unpaired) electrons. The molecule has 0 aromatic heterocycles. The molecule has 1 heterocycles. The van der Waals surface area contributed by atoms with Crippen molar-refractivity contribution in [3.8, 4) is 5.75 Å². The van der Waals surface area contributed by atoms with Crippen LogP contribution in [0.1, 0.15) is 35.1 Å². The third-order valence-electron chi connectivity index (χ3n) is 5.80. The van der Waals surface area contributed by atoms with E-state index in [9.17, 15) is 0 Å². The smallest absolute Gasteiger partial charge is 0.143 e. The van der Waals surface area contributed by atoms with Gasteiger partial charge in [-0.1, -0.05) is 78.4 Å². The summed E-state index contributed by atoms with van der Waals surface area (Å²) < 4.78 is 6.23. The largest absolute Gasteiger partial charge is 0.487 e. The van der Waals surface area contributed by atoms with Crippen molar-refractivity contribution < 1.29 is 4.74 Å². The van der Waals surface area contributed by atoms with Crippen molar-refractivity contribution in [3.05, 3.63) is 107 Å². The number of hydrogen-bond donors (Lipinski definition) is 1. The Morgan fingerprint density at radius 3 is 2.68 bits per heavy atom. The van der Waals surface area contributed by atoms with Crippen LogP contribution in [-0.4, -0.2) is 0 Å². The first-order valence-electron chi connectivity index (χ1n) is 9.78. The van der Waals surface area contributed by atoms with Gasteiger partial charge in [0.2, 0.25) is 0 Å². The SMILES string of the molecule is Clc1cccc(C2Nc3c(OCc4ccccc4)cccc3C3C=CCC32)c1. The summed E-state index contributed by atoms with van der Waals surface area (Å²) in [6, 6.07) is 25.1. The molecule has 2 aliphatic rings. The number of hydrogen-bond acceptors (Lipinski definition) is 2. The summed E-state index contributed by atoms with van der Waals surface area (Å²) in [6.07, 6.45) is 5.73. The summed E-state index contributed by atoms with van der Waals surface area (Å²) in [4.78, 5) is 0. The molecule has 0 bridgehead atoms. The Hall–Kier alpha value is -2.71. The molecule has 0 amide bonds. The standard InChI is InChI=1S/C25H22ClNO/c26-19-10-4-9-18(15-19)24-21-12-5-11-20(21)22-13-6-14-23(25(22)27-24)28-16-17-7-2-1-3-8-17/h1-11,13-15,20-21,24,27H,12,16H2. The first kappa shape index (κ1) is 17.4. The normalized spacial score (nSPS) is 22.2. The van der Waals surface area contributed by atoms with Crippen molar-refractivity contribution in [2.75, 3.05) is 5.32 Å². The Kier molecular flexibility index (Phi) is 4.58. The van der Waals surface area contributed by atoms with E-state index < -0.39 is 0 Å². The van der Waals surface area contributed by atoms with Crippen LogP contribution in [0.3, 0.4) is 0 Å². The maximum absolute atomic E-state index is 6.29. The predicted octanol–water partition coefficient (Wildman–Crippen LogP) is 6.75. The molecule has 3 unspecified atom stereocenters. The first-order valence-corrected chi connectivity index (χ1v) is 10.2. The highest BCUT2D eigenvalue weighted by atomic mass is 35.5. The molecule has 3 atom stereocenters. The number of anilines is 1. The van der Waals surface area contributed by atoms with E-state index in [4.69, 9.17) is 16.3 Å². The van der Waals surface area contributed by atoms with Crippen molar-refractivity contribution >= 4 is 17.3 Å². The molecule has 0 fully saturated rings. The Morgan fingerprint density at radius 1 is 0.964 bits per heavy atom. The second kappa shape index (κ2) is 7.37. The van der Waals surface area contributed by atoms with Crippen LogP contribution in [0, 0.1) is 5.92 Å². The average molecular weight is 388 g/mol. The number of ether oxygens (including phenoxy) is 1. The molecule has 5 rings (SSSR count). The van der Waals surface area contributed by atoms with Crippen LogP contribution in [0.4, 0.5) is 5.69 Å². The van der Waals surface area contributed by atoms with Crippen LogP contribution in [0.25, 0.3) is 0 Å². The third kappa shape index (κ3) is 3.18. The first-order chi connectivity index (χ1) is 13.8. The van der Waals surface area contributed by atoms with Crippen molar-refractivity contribution in [1.82, 2.24) is 0 Å². The number of fused-ring (bicyclic) bond motifs is 3. The van der Waals surface area contributed by atoms with Gasteiger partial charge in [-0.05, 0) is 47.2 Å². The molecule has 0 spiro atoms. The number of para-hydroxylation sites is 1. The van der Waals surface area contributed by atoms with E-state index in [0.717, 1.165) is 22.9 Å². The average Bonchev–Trinajstić information content (AvgIpc) is 3.22. The maximum atomic E-state index is 6.29. The van der Waals surface area contributed by atoms with Crippen molar-refractivity contribution in [2.45, 2.75) is 25.0 Å². The van der Waals surface area contributed by atoms with E-state index in [1.807, 2.05) is 30.3 Å². The van der Waals surface area contributed by atoms with E-state index >= 15 is 0 Å². The van der Waals surface area contributed by atoms with Gasteiger partial charge in [0.25, 0.3) is 0 Å². The summed E-state index contributed by atoms with van der Waals surface area (Å²) >= 11 is 6.29. The summed E-state index contributed by atoms with van der Waals surface area (Å²) in [5, 5.41) is 4.57. The third-order valence-corrected chi connectivity index (χ3v) is 6.04. The van der Waals surface area contributed by atoms with Gasteiger partial charge in [-0.25, -0.2) is 0 Å². The fourth-order valence-electron chi connectivity index (χ4n) is 4.48. The zero-order valence-electron chi connectivity index (χ0n) is 15.5. The maximum Gasteiger partial charge on any atom is 0.143 e. The molecule has 3 heteroatoms. The molecule has 28 heavy (non-hydrogen) atoms. The highest BCUT2D eigenvalue weighted by molar-refractivity contribution is 6.30. The number of nitrogens with one attached hydrogen (secondary N) is 1. The quantitative estimate of drug-likeness (QED) is 0.500. The van der Waals surface area contributed by atoms with Crippen LogP contribution >= 0.6 is 11.6 Å². The number of allylic oxidation sites excluding steroid dienone is 2. The van der Waals surface area contributed by atoms with Crippen molar-refractivity contribution in [1.29, 1.82) is 0 Å². The number of rotatable bonds is 4. The topological polar surface area (TPSA) is 21.3 Å². The van der Waals surface area contributed by atoms with E-state index in [1.54, 1.807) is 0 Å². The molecule has 0 saturated heterocycles. The zero-order valence-corrected chi connectivity index (χ0v) is 16.3. The lowest BCUT2D eigenvalue weighted by atomic mass is 9.77. The van der Waals surface area contributed by atoms with Gasteiger partial charge in [0.1, 0.15) is 12.4 Å². The zero-order chi connectivity index (χ0) is 18.9. The Balaban J connectivity index is 1.50. The molecule has 1 N–H and O–H groups in total. The fourth-order valence-corrected chi connectivity index (χ4v) is 4.68. The minimum Gasteiger partial charge on any atom is -0.487 e. The van der Waals surface area contributed by atoms with Crippen LogP contribution in [-0.2, 0) is 6.61 Å².